The molecule has 2 N–H and O–H groups in total. The molecule has 0 aromatic heterocycles. The zero-order valence-electron chi connectivity index (χ0n) is 12.3. The fraction of sp³-hybridized carbons (Fsp3) is 0.375. The van der Waals surface area contributed by atoms with Crippen molar-refractivity contribution in [1.82, 2.24) is 0 Å². The van der Waals surface area contributed by atoms with Crippen molar-refractivity contribution in [3.05, 3.63) is 29.6 Å². The first-order chi connectivity index (χ1) is 11.0. The van der Waals surface area contributed by atoms with Gasteiger partial charge in [-0.05, 0) is 24.6 Å². The maximum atomic E-state index is 14.0. The number of hydrogen-bond acceptors (Lipinski definition) is 4. The molecule has 0 saturated carbocycles. The Morgan fingerprint density at radius 1 is 1.48 bits per heavy atom. The quantitative estimate of drug-likeness (QED) is 0.637. The fourth-order valence-electron chi connectivity index (χ4n) is 2.09. The van der Waals surface area contributed by atoms with Crippen LogP contribution in [0.1, 0.15) is 24.8 Å². The number of rotatable bonds is 5. The second-order valence-electron chi connectivity index (χ2n) is 5.01. The summed E-state index contributed by atoms with van der Waals surface area (Å²) in [5, 5.41) is 17.5. The van der Waals surface area contributed by atoms with E-state index in [4.69, 9.17) is 14.9 Å². The maximum Gasteiger partial charge on any atom is 0.414 e. The van der Waals surface area contributed by atoms with Crippen LogP contribution < -0.4 is 4.90 Å². The summed E-state index contributed by atoms with van der Waals surface area (Å²) in [6.07, 6.45) is -0.441. The Kier molecular flexibility index (Phi) is 5.55. The summed E-state index contributed by atoms with van der Waals surface area (Å²) >= 11 is 0. The van der Waals surface area contributed by atoms with Gasteiger partial charge in [0.1, 0.15) is 11.9 Å². The predicted octanol–water partition coefficient (Wildman–Crippen LogP) is 1.75. The Morgan fingerprint density at radius 3 is 2.87 bits per heavy atom. The lowest BCUT2D eigenvalue weighted by Crippen LogP contribution is -2.25. The van der Waals surface area contributed by atoms with Gasteiger partial charge in [-0.2, -0.15) is 0 Å². The van der Waals surface area contributed by atoms with Crippen LogP contribution in [-0.2, 0) is 9.53 Å². The van der Waals surface area contributed by atoms with E-state index in [0.29, 0.717) is 18.5 Å². The predicted molar refractivity (Wildman–Crippen MR) is 79.5 cm³/mol. The Hall–Kier alpha value is -2.59. The van der Waals surface area contributed by atoms with Gasteiger partial charge in [-0.1, -0.05) is 11.8 Å². The van der Waals surface area contributed by atoms with Crippen molar-refractivity contribution in [3.63, 3.8) is 0 Å². The van der Waals surface area contributed by atoms with E-state index in [1.807, 2.05) is 0 Å². The summed E-state index contributed by atoms with van der Waals surface area (Å²) in [5.74, 6) is 3.90. The van der Waals surface area contributed by atoms with Gasteiger partial charge in [0.25, 0.3) is 0 Å². The lowest BCUT2D eigenvalue weighted by atomic mass is 10.1. The average Bonchev–Trinajstić information content (AvgIpc) is 2.89. The summed E-state index contributed by atoms with van der Waals surface area (Å²) in [4.78, 5) is 23.2. The lowest BCUT2D eigenvalue weighted by Gasteiger charge is -2.13. The molecular formula is C16H16FNO5. The number of hydrogen-bond donors (Lipinski definition) is 2. The number of cyclic esters (lactones) is 1. The largest absolute Gasteiger partial charge is 0.481 e. The molecule has 6 nitrogen and oxygen atoms in total. The molecular weight excluding hydrogens is 305 g/mol. The van der Waals surface area contributed by atoms with E-state index in [9.17, 15) is 14.0 Å². The smallest absolute Gasteiger partial charge is 0.414 e. The van der Waals surface area contributed by atoms with Gasteiger partial charge < -0.3 is 14.9 Å². The Morgan fingerprint density at radius 2 is 2.26 bits per heavy atom. The average molecular weight is 321 g/mol. The number of carbonyl (C=O) groups excluding carboxylic acids is 1. The number of aliphatic carboxylic acids is 1. The number of carbonyl (C=O) groups is 2. The number of ether oxygens (including phenoxy) is 1. The lowest BCUT2D eigenvalue weighted by molar-refractivity contribution is -0.137. The highest BCUT2D eigenvalue weighted by Crippen LogP contribution is 2.23. The molecule has 1 aromatic rings. The normalized spacial score (nSPS) is 16.7. The van der Waals surface area contributed by atoms with Crippen molar-refractivity contribution in [1.29, 1.82) is 0 Å². The molecule has 1 fully saturated rings. The highest BCUT2D eigenvalue weighted by Gasteiger charge is 2.32. The Labute approximate surface area is 132 Å². The summed E-state index contributed by atoms with van der Waals surface area (Å²) in [5.41, 5.74) is 0.509. The van der Waals surface area contributed by atoms with Crippen molar-refractivity contribution in [2.75, 3.05) is 18.1 Å². The molecule has 0 unspecified atom stereocenters. The van der Waals surface area contributed by atoms with Crippen molar-refractivity contribution < 1.29 is 28.9 Å². The minimum Gasteiger partial charge on any atom is -0.481 e. The van der Waals surface area contributed by atoms with Gasteiger partial charge in [0.05, 0.1) is 24.4 Å². The van der Waals surface area contributed by atoms with Crippen molar-refractivity contribution in [3.8, 4) is 11.8 Å². The molecule has 1 atom stereocenters. The van der Waals surface area contributed by atoms with Crippen LogP contribution in [-0.4, -0.2) is 41.5 Å². The maximum absolute atomic E-state index is 14.0. The van der Waals surface area contributed by atoms with Crippen LogP contribution in [0.5, 0.6) is 0 Å². The third-order valence-electron chi connectivity index (χ3n) is 3.26. The molecule has 1 saturated heterocycles. The monoisotopic (exact) mass is 321 g/mol. The number of unbranched alkanes of at least 4 members (excludes halogenated alkanes) is 1. The molecule has 23 heavy (non-hydrogen) atoms. The number of aliphatic hydroxyl groups is 1. The third kappa shape index (κ3) is 4.44. The molecule has 1 heterocycles. The first kappa shape index (κ1) is 16.8. The van der Waals surface area contributed by atoms with Crippen molar-refractivity contribution in [2.45, 2.75) is 25.4 Å². The molecule has 1 amide bonds. The number of benzene rings is 1. The van der Waals surface area contributed by atoms with Crippen LogP contribution in [0.15, 0.2) is 18.2 Å². The third-order valence-corrected chi connectivity index (χ3v) is 3.26. The molecule has 0 spiro atoms. The second kappa shape index (κ2) is 7.61. The van der Waals surface area contributed by atoms with Gasteiger partial charge in [0.2, 0.25) is 0 Å². The molecule has 0 aliphatic carbocycles. The molecule has 1 aliphatic rings. The van der Waals surface area contributed by atoms with E-state index in [1.54, 1.807) is 6.07 Å². The van der Waals surface area contributed by atoms with Gasteiger partial charge >= 0.3 is 12.1 Å². The van der Waals surface area contributed by atoms with Crippen LogP contribution in [0, 0.1) is 17.7 Å². The van der Waals surface area contributed by atoms with Crippen molar-refractivity contribution >= 4 is 17.7 Å². The van der Waals surface area contributed by atoms with Crippen LogP contribution in [0.2, 0.25) is 0 Å². The number of anilines is 1. The fourth-order valence-corrected chi connectivity index (χ4v) is 2.09. The molecule has 1 aliphatic heterocycles. The number of nitrogens with zero attached hydrogens (tertiary/aromatic N) is 1. The molecule has 0 bridgehead atoms. The van der Waals surface area contributed by atoms with E-state index in [0.717, 1.165) is 0 Å². The Bertz CT molecular complexity index is 664. The molecule has 7 heteroatoms. The minimum atomic E-state index is -0.888. The summed E-state index contributed by atoms with van der Waals surface area (Å²) in [6, 6.07) is 4.18. The minimum absolute atomic E-state index is 0.0270. The highest BCUT2D eigenvalue weighted by atomic mass is 19.1. The van der Waals surface area contributed by atoms with E-state index in [1.165, 1.54) is 17.0 Å². The number of carboxylic acid groups (broad SMARTS) is 1. The zero-order valence-corrected chi connectivity index (χ0v) is 12.3. The second-order valence-corrected chi connectivity index (χ2v) is 5.01. The summed E-state index contributed by atoms with van der Waals surface area (Å²) < 4.78 is 18.9. The standard InChI is InChI=1S/C16H16FNO5/c17-14-8-12(18-9-13(10-19)23-16(18)22)7-6-11(14)4-2-1-3-5-15(20)21/h6-8,13,19H,1,3,5,9-10H2,(H,20,21)/t13-/m1/s1. The molecule has 2 rings (SSSR count). The van der Waals surface area contributed by atoms with Gasteiger partial charge in [-0.25, -0.2) is 9.18 Å². The van der Waals surface area contributed by atoms with Gasteiger partial charge in [0, 0.05) is 12.8 Å². The van der Waals surface area contributed by atoms with Crippen LogP contribution in [0.4, 0.5) is 14.9 Å². The van der Waals surface area contributed by atoms with Crippen LogP contribution >= 0.6 is 0 Å². The van der Waals surface area contributed by atoms with Gasteiger partial charge in [0.15, 0.2) is 0 Å². The summed E-state index contributed by atoms with van der Waals surface area (Å²) in [6.45, 7) is -0.125. The highest BCUT2D eigenvalue weighted by molar-refractivity contribution is 5.89. The van der Waals surface area contributed by atoms with Gasteiger partial charge in [-0.15, -0.1) is 0 Å². The molecule has 1 aromatic carbocycles. The van der Waals surface area contributed by atoms with E-state index < -0.39 is 24.0 Å². The Balaban J connectivity index is 2.02. The molecule has 122 valence electrons. The van der Waals surface area contributed by atoms with Crippen LogP contribution in [0.3, 0.4) is 0 Å². The van der Waals surface area contributed by atoms with Crippen LogP contribution in [0.25, 0.3) is 0 Å². The number of carboxylic acids is 1. The van der Waals surface area contributed by atoms with E-state index >= 15 is 0 Å². The van der Waals surface area contributed by atoms with E-state index in [-0.39, 0.29) is 25.1 Å². The summed E-state index contributed by atoms with van der Waals surface area (Å²) in [7, 11) is 0. The number of halogens is 1. The number of amides is 1. The SMILES string of the molecule is O=C(O)CCCC#Cc1ccc(N2C[C@H](CO)OC2=O)cc1F. The van der Waals surface area contributed by atoms with Crippen molar-refractivity contribution in [2.24, 2.45) is 0 Å². The number of aliphatic hydroxyl groups excluding tert-OH is 1. The molecule has 0 radical (unpaired) electrons. The zero-order chi connectivity index (χ0) is 16.8. The van der Waals surface area contributed by atoms with Gasteiger partial charge in [-0.3, -0.25) is 9.69 Å². The topological polar surface area (TPSA) is 87.1 Å². The van der Waals surface area contributed by atoms with E-state index in [2.05, 4.69) is 11.8 Å². The first-order valence-corrected chi connectivity index (χ1v) is 7.10. The first-order valence-electron chi connectivity index (χ1n) is 7.10.